The van der Waals surface area contributed by atoms with Gasteiger partial charge in [0.2, 0.25) is 5.89 Å². The van der Waals surface area contributed by atoms with Crippen LogP contribution in [-0.2, 0) is 6.54 Å². The molecule has 2 unspecified atom stereocenters. The van der Waals surface area contributed by atoms with Gasteiger partial charge in [0.05, 0.1) is 6.54 Å². The summed E-state index contributed by atoms with van der Waals surface area (Å²) in [6.45, 7) is 0.768. The third kappa shape index (κ3) is 1.27. The fourth-order valence-electron chi connectivity index (χ4n) is 3.29. The SMILES string of the molecule is c1ccc2c(c1)C1CCC2N1Cc1ncno1. The monoisotopic (exact) mass is 227 g/mol. The largest absolute Gasteiger partial charge is 0.338 e. The standard InChI is InChI=1S/C13H13N3O/c1-2-4-10-9(3-1)11-5-6-12(10)16(11)7-13-14-8-15-17-13/h1-4,8,11-12H,5-7H2. The molecule has 0 aliphatic carbocycles. The molecule has 0 saturated carbocycles. The van der Waals surface area contributed by atoms with E-state index in [1.54, 1.807) is 0 Å². The summed E-state index contributed by atoms with van der Waals surface area (Å²) >= 11 is 0. The number of aromatic nitrogens is 2. The Balaban J connectivity index is 1.69. The Kier molecular flexibility index (Phi) is 1.87. The number of rotatable bonds is 2. The molecule has 2 bridgehead atoms. The van der Waals surface area contributed by atoms with E-state index in [1.807, 2.05) is 0 Å². The molecular formula is C13H13N3O. The van der Waals surface area contributed by atoms with E-state index in [9.17, 15) is 0 Å². The van der Waals surface area contributed by atoms with Gasteiger partial charge in [-0.05, 0) is 24.0 Å². The fraction of sp³-hybridized carbons (Fsp3) is 0.385. The predicted molar refractivity (Wildman–Crippen MR) is 61.0 cm³/mol. The Morgan fingerprint density at radius 1 is 1.18 bits per heavy atom. The van der Waals surface area contributed by atoms with Crippen LogP contribution in [0, 0.1) is 0 Å². The molecule has 2 atom stereocenters. The predicted octanol–water partition coefficient (Wildman–Crippen LogP) is 2.46. The summed E-state index contributed by atoms with van der Waals surface area (Å²) in [6.07, 6.45) is 3.96. The number of nitrogens with zero attached hydrogens (tertiary/aromatic N) is 3. The van der Waals surface area contributed by atoms with Gasteiger partial charge in [-0.25, -0.2) is 0 Å². The first kappa shape index (κ1) is 9.36. The van der Waals surface area contributed by atoms with Gasteiger partial charge < -0.3 is 4.52 Å². The molecule has 1 saturated heterocycles. The third-order valence-electron chi connectivity index (χ3n) is 3.95. The first-order valence-electron chi connectivity index (χ1n) is 6.03. The Morgan fingerprint density at radius 2 is 1.88 bits per heavy atom. The molecular weight excluding hydrogens is 214 g/mol. The van der Waals surface area contributed by atoms with Crippen molar-refractivity contribution in [1.29, 1.82) is 0 Å². The summed E-state index contributed by atoms with van der Waals surface area (Å²) in [5, 5.41) is 3.67. The molecule has 2 aromatic rings. The Hall–Kier alpha value is -1.68. The quantitative estimate of drug-likeness (QED) is 0.790. The van der Waals surface area contributed by atoms with Crippen LogP contribution in [0.1, 0.15) is 41.9 Å². The highest BCUT2D eigenvalue weighted by Gasteiger charge is 2.43. The molecule has 4 rings (SSSR count). The van der Waals surface area contributed by atoms with E-state index in [-0.39, 0.29) is 0 Å². The molecule has 0 N–H and O–H groups in total. The van der Waals surface area contributed by atoms with Gasteiger partial charge in [-0.15, -0.1) is 0 Å². The van der Waals surface area contributed by atoms with Gasteiger partial charge in [0.25, 0.3) is 0 Å². The Bertz CT molecular complexity index is 506. The van der Waals surface area contributed by atoms with E-state index < -0.39 is 0 Å². The van der Waals surface area contributed by atoms with Crippen molar-refractivity contribution in [3.63, 3.8) is 0 Å². The summed E-state index contributed by atoms with van der Waals surface area (Å²) in [5.74, 6) is 0.717. The van der Waals surface area contributed by atoms with Crippen molar-refractivity contribution in [3.05, 3.63) is 47.6 Å². The molecule has 0 amide bonds. The maximum absolute atomic E-state index is 5.12. The van der Waals surface area contributed by atoms with Crippen LogP contribution < -0.4 is 0 Å². The number of benzene rings is 1. The van der Waals surface area contributed by atoms with Crippen LogP contribution in [0.15, 0.2) is 35.1 Å². The molecule has 2 aliphatic rings. The summed E-state index contributed by atoms with van der Waals surface area (Å²) < 4.78 is 5.12. The number of hydrogen-bond donors (Lipinski definition) is 0. The highest BCUT2D eigenvalue weighted by Crippen LogP contribution is 2.53. The summed E-state index contributed by atoms with van der Waals surface area (Å²) in [4.78, 5) is 6.60. The molecule has 4 nitrogen and oxygen atoms in total. The second-order valence-corrected chi connectivity index (χ2v) is 4.75. The molecule has 3 heterocycles. The summed E-state index contributed by atoms with van der Waals surface area (Å²) in [6, 6.07) is 9.85. The van der Waals surface area contributed by atoms with Gasteiger partial charge in [0.1, 0.15) is 0 Å². The number of fused-ring (bicyclic) bond motifs is 5. The lowest BCUT2D eigenvalue weighted by atomic mass is 9.92. The van der Waals surface area contributed by atoms with Gasteiger partial charge in [0.15, 0.2) is 6.33 Å². The van der Waals surface area contributed by atoms with Crippen LogP contribution in [-0.4, -0.2) is 15.0 Å². The van der Waals surface area contributed by atoms with Gasteiger partial charge in [-0.2, -0.15) is 4.98 Å². The number of hydrogen-bond acceptors (Lipinski definition) is 4. The van der Waals surface area contributed by atoms with E-state index >= 15 is 0 Å². The van der Waals surface area contributed by atoms with E-state index in [4.69, 9.17) is 4.52 Å². The molecule has 1 aromatic heterocycles. The van der Waals surface area contributed by atoms with Gasteiger partial charge in [-0.1, -0.05) is 29.4 Å². The van der Waals surface area contributed by atoms with Gasteiger partial charge in [-0.3, -0.25) is 4.90 Å². The first-order chi connectivity index (χ1) is 8.43. The zero-order valence-corrected chi connectivity index (χ0v) is 9.41. The smallest absolute Gasteiger partial charge is 0.240 e. The van der Waals surface area contributed by atoms with Crippen molar-refractivity contribution in [2.45, 2.75) is 31.5 Å². The molecule has 1 fully saturated rings. The van der Waals surface area contributed by atoms with Crippen molar-refractivity contribution in [1.82, 2.24) is 15.0 Å². The Morgan fingerprint density at radius 3 is 2.47 bits per heavy atom. The Labute approximate surface area is 99.2 Å². The van der Waals surface area contributed by atoms with Crippen LogP contribution >= 0.6 is 0 Å². The van der Waals surface area contributed by atoms with E-state index in [2.05, 4.69) is 39.3 Å². The van der Waals surface area contributed by atoms with Crippen LogP contribution in [0.2, 0.25) is 0 Å². The second kappa shape index (κ2) is 3.40. The molecule has 0 spiro atoms. The lowest BCUT2D eigenvalue weighted by Crippen LogP contribution is -2.19. The minimum absolute atomic E-state index is 0.545. The van der Waals surface area contributed by atoms with Crippen molar-refractivity contribution in [3.8, 4) is 0 Å². The highest BCUT2D eigenvalue weighted by molar-refractivity contribution is 5.39. The zero-order chi connectivity index (χ0) is 11.2. The molecule has 1 aromatic carbocycles. The third-order valence-corrected chi connectivity index (χ3v) is 3.95. The topological polar surface area (TPSA) is 42.2 Å². The van der Waals surface area contributed by atoms with Crippen molar-refractivity contribution < 1.29 is 4.52 Å². The lowest BCUT2D eigenvalue weighted by molar-refractivity contribution is 0.184. The van der Waals surface area contributed by atoms with Crippen molar-refractivity contribution in [2.75, 3.05) is 0 Å². The normalized spacial score (nSPS) is 26.4. The van der Waals surface area contributed by atoms with Crippen LogP contribution in [0.4, 0.5) is 0 Å². The highest BCUT2D eigenvalue weighted by atomic mass is 16.5. The molecule has 0 radical (unpaired) electrons. The van der Waals surface area contributed by atoms with E-state index in [0.717, 1.165) is 12.4 Å². The van der Waals surface area contributed by atoms with Crippen LogP contribution in [0.25, 0.3) is 0 Å². The maximum Gasteiger partial charge on any atom is 0.240 e. The maximum atomic E-state index is 5.12. The molecule has 4 heteroatoms. The molecule has 2 aliphatic heterocycles. The minimum Gasteiger partial charge on any atom is -0.338 e. The summed E-state index contributed by atoms with van der Waals surface area (Å²) in [5.41, 5.74) is 2.98. The van der Waals surface area contributed by atoms with Gasteiger partial charge >= 0.3 is 0 Å². The molecule has 17 heavy (non-hydrogen) atoms. The average Bonchev–Trinajstić information content (AvgIpc) is 3.06. The first-order valence-corrected chi connectivity index (χ1v) is 6.03. The van der Waals surface area contributed by atoms with E-state index in [1.165, 1.54) is 30.3 Å². The average molecular weight is 227 g/mol. The fourth-order valence-corrected chi connectivity index (χ4v) is 3.29. The van der Waals surface area contributed by atoms with Crippen molar-refractivity contribution in [2.24, 2.45) is 0 Å². The zero-order valence-electron chi connectivity index (χ0n) is 9.41. The summed E-state index contributed by atoms with van der Waals surface area (Å²) in [7, 11) is 0. The van der Waals surface area contributed by atoms with Crippen LogP contribution in [0.3, 0.4) is 0 Å². The minimum atomic E-state index is 0.545. The van der Waals surface area contributed by atoms with E-state index in [0.29, 0.717) is 12.1 Å². The van der Waals surface area contributed by atoms with Crippen LogP contribution in [0.5, 0.6) is 0 Å². The van der Waals surface area contributed by atoms with Gasteiger partial charge in [0, 0.05) is 12.1 Å². The lowest BCUT2D eigenvalue weighted by Gasteiger charge is -2.19. The molecule has 86 valence electrons. The second-order valence-electron chi connectivity index (χ2n) is 4.75. The van der Waals surface area contributed by atoms with Crippen molar-refractivity contribution >= 4 is 0 Å².